The van der Waals surface area contributed by atoms with Crippen LogP contribution in [0.1, 0.15) is 15.9 Å². The zero-order valence-electron chi connectivity index (χ0n) is 15.1. The molecule has 0 aliphatic rings. The van der Waals surface area contributed by atoms with Gasteiger partial charge in [0.1, 0.15) is 5.75 Å². The number of carbonyl (C=O) groups excluding carboxylic acids is 1. The Labute approximate surface area is 164 Å². The summed E-state index contributed by atoms with van der Waals surface area (Å²) in [4.78, 5) is 23.2. The van der Waals surface area contributed by atoms with E-state index in [1.165, 1.54) is 27.4 Å². The molecule has 0 aliphatic carbocycles. The van der Waals surface area contributed by atoms with Gasteiger partial charge in [0.25, 0.3) is 11.6 Å². The Morgan fingerprint density at radius 1 is 1.11 bits per heavy atom. The highest BCUT2D eigenvalue weighted by molar-refractivity contribution is 9.10. The van der Waals surface area contributed by atoms with Gasteiger partial charge < -0.3 is 19.5 Å². The van der Waals surface area contributed by atoms with Gasteiger partial charge in [-0.3, -0.25) is 14.9 Å². The van der Waals surface area contributed by atoms with Crippen LogP contribution in [0.4, 0.5) is 5.69 Å². The Morgan fingerprint density at radius 3 is 2.37 bits per heavy atom. The molecule has 1 N–H and O–H groups in total. The van der Waals surface area contributed by atoms with Crippen molar-refractivity contribution in [2.75, 3.05) is 27.9 Å². The molecule has 27 heavy (non-hydrogen) atoms. The Bertz CT molecular complexity index is 856. The SMILES string of the molecule is COc1ccc(Br)c(C(=O)NCCc2cc(OC)c(OC)cc2[N+](=O)[O-])c1. The lowest BCUT2D eigenvalue weighted by molar-refractivity contribution is -0.385. The van der Waals surface area contributed by atoms with Gasteiger partial charge in [-0.25, -0.2) is 0 Å². The summed E-state index contributed by atoms with van der Waals surface area (Å²) in [6.45, 7) is 0.207. The molecule has 0 fully saturated rings. The largest absolute Gasteiger partial charge is 0.497 e. The molecular formula is C18H19BrN2O6. The maximum absolute atomic E-state index is 12.4. The highest BCUT2D eigenvalue weighted by Gasteiger charge is 2.19. The van der Waals surface area contributed by atoms with Crippen molar-refractivity contribution in [2.24, 2.45) is 0 Å². The molecule has 2 rings (SSSR count). The summed E-state index contributed by atoms with van der Waals surface area (Å²) in [7, 11) is 4.38. The van der Waals surface area contributed by atoms with Crippen LogP contribution in [0, 0.1) is 10.1 Å². The standard InChI is InChI=1S/C18H19BrN2O6/c1-25-12-4-5-14(19)13(9-12)18(22)20-7-6-11-8-16(26-2)17(27-3)10-15(11)21(23)24/h4-5,8-10H,6-7H2,1-3H3,(H,20,22). The predicted octanol–water partition coefficient (Wildman–Crippen LogP) is 3.36. The van der Waals surface area contributed by atoms with E-state index in [-0.39, 0.29) is 30.3 Å². The van der Waals surface area contributed by atoms with Gasteiger partial charge >= 0.3 is 0 Å². The number of halogens is 1. The number of nitro groups is 1. The van der Waals surface area contributed by atoms with Gasteiger partial charge in [0.15, 0.2) is 11.5 Å². The number of amides is 1. The summed E-state index contributed by atoms with van der Waals surface area (Å²) in [5.41, 5.74) is 0.753. The molecule has 144 valence electrons. The van der Waals surface area contributed by atoms with Crippen molar-refractivity contribution in [3.05, 3.63) is 56.0 Å². The molecular weight excluding hydrogens is 420 g/mol. The Kier molecular flexibility index (Phi) is 7.00. The van der Waals surface area contributed by atoms with E-state index in [1.54, 1.807) is 24.3 Å². The molecule has 0 saturated carbocycles. The first-order valence-corrected chi connectivity index (χ1v) is 8.71. The van der Waals surface area contributed by atoms with Crippen LogP contribution >= 0.6 is 15.9 Å². The van der Waals surface area contributed by atoms with E-state index in [4.69, 9.17) is 14.2 Å². The van der Waals surface area contributed by atoms with Crippen LogP contribution in [0.5, 0.6) is 17.2 Å². The lowest BCUT2D eigenvalue weighted by Crippen LogP contribution is -2.26. The van der Waals surface area contributed by atoms with Gasteiger partial charge in [-0.1, -0.05) is 0 Å². The number of hydrogen-bond acceptors (Lipinski definition) is 6. The van der Waals surface area contributed by atoms with E-state index in [9.17, 15) is 14.9 Å². The molecule has 0 saturated heterocycles. The second-order valence-corrected chi connectivity index (χ2v) is 6.30. The van der Waals surface area contributed by atoms with E-state index in [1.807, 2.05) is 0 Å². The molecule has 2 aromatic carbocycles. The van der Waals surface area contributed by atoms with Crippen LogP contribution in [-0.2, 0) is 6.42 Å². The van der Waals surface area contributed by atoms with Gasteiger partial charge in [-0.05, 0) is 46.6 Å². The third-order valence-electron chi connectivity index (χ3n) is 3.88. The molecule has 0 spiro atoms. The second-order valence-electron chi connectivity index (χ2n) is 5.44. The van der Waals surface area contributed by atoms with Crippen molar-refractivity contribution in [3.63, 3.8) is 0 Å². The van der Waals surface area contributed by atoms with Crippen LogP contribution in [0.3, 0.4) is 0 Å². The lowest BCUT2D eigenvalue weighted by Gasteiger charge is -2.11. The first kappa shape index (κ1) is 20.5. The maximum atomic E-state index is 12.4. The number of methoxy groups -OCH3 is 3. The van der Waals surface area contributed by atoms with Crippen LogP contribution in [0.25, 0.3) is 0 Å². The molecule has 0 unspecified atom stereocenters. The zero-order chi connectivity index (χ0) is 20.0. The normalized spacial score (nSPS) is 10.2. The fraction of sp³-hybridized carbons (Fsp3) is 0.278. The minimum atomic E-state index is -0.488. The number of rotatable bonds is 8. The van der Waals surface area contributed by atoms with Gasteiger partial charge in [-0.2, -0.15) is 0 Å². The Balaban J connectivity index is 2.15. The summed E-state index contributed by atoms with van der Waals surface area (Å²) in [5.74, 6) is 0.903. The zero-order valence-corrected chi connectivity index (χ0v) is 16.7. The predicted molar refractivity (Wildman–Crippen MR) is 103 cm³/mol. The number of nitrogens with zero attached hydrogens (tertiary/aromatic N) is 1. The number of benzene rings is 2. The van der Waals surface area contributed by atoms with Gasteiger partial charge in [0.05, 0.1) is 37.9 Å². The van der Waals surface area contributed by atoms with Gasteiger partial charge in [0, 0.05) is 16.6 Å². The topological polar surface area (TPSA) is 99.9 Å². The number of carbonyl (C=O) groups is 1. The number of nitro benzene ring substituents is 1. The van der Waals surface area contributed by atoms with E-state index >= 15 is 0 Å². The molecule has 9 heteroatoms. The van der Waals surface area contributed by atoms with Crippen molar-refractivity contribution in [2.45, 2.75) is 6.42 Å². The number of ether oxygens (including phenoxy) is 3. The van der Waals surface area contributed by atoms with E-state index in [0.29, 0.717) is 27.1 Å². The summed E-state index contributed by atoms with van der Waals surface area (Å²) >= 11 is 3.33. The van der Waals surface area contributed by atoms with Crippen molar-refractivity contribution >= 4 is 27.5 Å². The van der Waals surface area contributed by atoms with Crippen molar-refractivity contribution < 1.29 is 23.9 Å². The first-order valence-electron chi connectivity index (χ1n) is 7.92. The highest BCUT2D eigenvalue weighted by atomic mass is 79.9. The summed E-state index contributed by atoms with van der Waals surface area (Å²) in [6, 6.07) is 7.91. The minimum Gasteiger partial charge on any atom is -0.497 e. The van der Waals surface area contributed by atoms with Gasteiger partial charge in [0.2, 0.25) is 0 Å². The number of hydrogen-bond donors (Lipinski definition) is 1. The molecule has 0 bridgehead atoms. The monoisotopic (exact) mass is 438 g/mol. The third kappa shape index (κ3) is 4.88. The number of nitrogens with one attached hydrogen (secondary N) is 1. The van der Waals surface area contributed by atoms with E-state index in [2.05, 4.69) is 21.2 Å². The van der Waals surface area contributed by atoms with Crippen LogP contribution in [-0.4, -0.2) is 38.7 Å². The third-order valence-corrected chi connectivity index (χ3v) is 4.57. The van der Waals surface area contributed by atoms with Crippen molar-refractivity contribution in [1.82, 2.24) is 5.32 Å². The molecule has 0 aliphatic heterocycles. The molecule has 0 atom stereocenters. The summed E-state index contributed by atoms with van der Waals surface area (Å²) in [5, 5.41) is 14.1. The van der Waals surface area contributed by atoms with E-state index in [0.717, 1.165) is 0 Å². The summed E-state index contributed by atoms with van der Waals surface area (Å²) in [6.07, 6.45) is 0.254. The molecule has 1 amide bonds. The van der Waals surface area contributed by atoms with Crippen LogP contribution < -0.4 is 19.5 Å². The Hall–Kier alpha value is -2.81. The van der Waals surface area contributed by atoms with E-state index < -0.39 is 4.92 Å². The second kappa shape index (κ2) is 9.22. The minimum absolute atomic E-state index is 0.0931. The average Bonchev–Trinajstić information content (AvgIpc) is 2.67. The fourth-order valence-electron chi connectivity index (χ4n) is 2.49. The highest BCUT2D eigenvalue weighted by Crippen LogP contribution is 2.34. The maximum Gasteiger partial charge on any atom is 0.276 e. The fourth-order valence-corrected chi connectivity index (χ4v) is 2.92. The molecule has 8 nitrogen and oxygen atoms in total. The quantitative estimate of drug-likeness (QED) is 0.500. The molecule has 0 aromatic heterocycles. The molecule has 0 radical (unpaired) electrons. The average molecular weight is 439 g/mol. The first-order chi connectivity index (χ1) is 12.9. The lowest BCUT2D eigenvalue weighted by atomic mass is 10.1. The van der Waals surface area contributed by atoms with Crippen LogP contribution in [0.15, 0.2) is 34.8 Å². The van der Waals surface area contributed by atoms with Gasteiger partial charge in [-0.15, -0.1) is 0 Å². The summed E-state index contributed by atoms with van der Waals surface area (Å²) < 4.78 is 16.0. The molecule has 2 aromatic rings. The van der Waals surface area contributed by atoms with Crippen LogP contribution in [0.2, 0.25) is 0 Å². The van der Waals surface area contributed by atoms with Crippen molar-refractivity contribution in [1.29, 1.82) is 0 Å². The Morgan fingerprint density at radius 2 is 1.78 bits per heavy atom. The smallest absolute Gasteiger partial charge is 0.276 e. The molecule has 0 heterocycles. The van der Waals surface area contributed by atoms with Crippen molar-refractivity contribution in [3.8, 4) is 17.2 Å².